The van der Waals surface area contributed by atoms with Gasteiger partial charge in [-0.05, 0) is 46.0 Å². The molecule has 0 radical (unpaired) electrons. The van der Waals surface area contributed by atoms with Crippen LogP contribution in [-0.4, -0.2) is 33.1 Å². The van der Waals surface area contributed by atoms with Crippen molar-refractivity contribution in [1.82, 2.24) is 0 Å². The molecule has 3 aliphatic rings. The molecular weight excluding hydrogens is 228 g/mol. The first kappa shape index (κ1) is 14.0. The van der Waals surface area contributed by atoms with Gasteiger partial charge in [0.05, 0.1) is 17.8 Å². The Bertz CT molecular complexity index is 357. The van der Waals surface area contributed by atoms with E-state index in [1.807, 2.05) is 0 Å². The van der Waals surface area contributed by atoms with Gasteiger partial charge in [0.2, 0.25) is 0 Å². The van der Waals surface area contributed by atoms with Crippen molar-refractivity contribution in [2.45, 2.75) is 64.1 Å². The van der Waals surface area contributed by atoms with Gasteiger partial charge >= 0.3 is 0 Å². The van der Waals surface area contributed by atoms with E-state index in [-0.39, 0.29) is 17.9 Å². The van der Waals surface area contributed by atoms with Crippen LogP contribution in [0.5, 0.6) is 0 Å². The van der Waals surface area contributed by atoms with Crippen LogP contribution in [0.2, 0.25) is 0 Å². The zero-order valence-corrected chi connectivity index (χ0v) is 11.7. The molecule has 0 aliphatic heterocycles. The van der Waals surface area contributed by atoms with Gasteiger partial charge in [0.1, 0.15) is 0 Å². The molecule has 3 nitrogen and oxygen atoms in total. The SMILES string of the molecule is CC(C)=CCC[C@@]1(C)[C@H]2C[C@]1(O)CC[C@]2(O)CO. The summed E-state index contributed by atoms with van der Waals surface area (Å²) in [6.07, 6.45) is 5.74. The molecule has 0 heterocycles. The largest absolute Gasteiger partial charge is 0.393 e. The van der Waals surface area contributed by atoms with E-state index in [2.05, 4.69) is 26.8 Å². The molecule has 3 heteroatoms. The van der Waals surface area contributed by atoms with Gasteiger partial charge in [-0.25, -0.2) is 0 Å². The maximum Gasteiger partial charge on any atom is 0.0913 e. The van der Waals surface area contributed by atoms with E-state index in [9.17, 15) is 15.3 Å². The fourth-order valence-corrected chi connectivity index (χ4v) is 4.01. The molecule has 4 atom stereocenters. The predicted octanol–water partition coefficient (Wildman–Crippen LogP) is 2.01. The summed E-state index contributed by atoms with van der Waals surface area (Å²) in [7, 11) is 0. The van der Waals surface area contributed by atoms with Gasteiger partial charge < -0.3 is 15.3 Å². The van der Waals surface area contributed by atoms with E-state index < -0.39 is 11.2 Å². The second-order valence-electron chi connectivity index (χ2n) is 6.79. The molecule has 0 spiro atoms. The van der Waals surface area contributed by atoms with E-state index in [0.717, 1.165) is 12.8 Å². The number of rotatable bonds is 4. The van der Waals surface area contributed by atoms with Crippen LogP contribution in [0, 0.1) is 11.3 Å². The third-order valence-corrected chi connectivity index (χ3v) is 5.48. The summed E-state index contributed by atoms with van der Waals surface area (Å²) in [4.78, 5) is 0. The minimum Gasteiger partial charge on any atom is -0.393 e. The Hall–Kier alpha value is -0.380. The van der Waals surface area contributed by atoms with Gasteiger partial charge in [-0.2, -0.15) is 0 Å². The molecule has 0 unspecified atom stereocenters. The Morgan fingerprint density at radius 1 is 1.28 bits per heavy atom. The number of aliphatic hydroxyl groups excluding tert-OH is 1. The van der Waals surface area contributed by atoms with Gasteiger partial charge in [0, 0.05) is 11.3 Å². The smallest absolute Gasteiger partial charge is 0.0913 e. The molecule has 3 N–H and O–H groups in total. The highest BCUT2D eigenvalue weighted by Crippen LogP contribution is 2.67. The number of fused-ring (bicyclic) bond motifs is 2. The number of allylic oxidation sites excluding steroid dienone is 2. The van der Waals surface area contributed by atoms with Crippen molar-refractivity contribution < 1.29 is 15.3 Å². The van der Waals surface area contributed by atoms with Crippen molar-refractivity contribution >= 4 is 0 Å². The predicted molar refractivity (Wildman–Crippen MR) is 71.1 cm³/mol. The number of hydrogen-bond acceptors (Lipinski definition) is 3. The quantitative estimate of drug-likeness (QED) is 0.673. The average molecular weight is 254 g/mol. The topological polar surface area (TPSA) is 60.7 Å². The summed E-state index contributed by atoms with van der Waals surface area (Å²) >= 11 is 0. The molecule has 0 aromatic heterocycles. The average Bonchev–Trinajstić information content (AvgIpc) is 2.31. The highest BCUT2D eigenvalue weighted by molar-refractivity contribution is 5.20. The van der Waals surface area contributed by atoms with Crippen LogP contribution < -0.4 is 0 Å². The van der Waals surface area contributed by atoms with E-state index in [1.165, 1.54) is 5.57 Å². The number of aliphatic hydroxyl groups is 3. The van der Waals surface area contributed by atoms with Gasteiger partial charge in [-0.15, -0.1) is 0 Å². The van der Waals surface area contributed by atoms with Crippen LogP contribution in [0.3, 0.4) is 0 Å². The van der Waals surface area contributed by atoms with Crippen LogP contribution in [0.25, 0.3) is 0 Å². The van der Waals surface area contributed by atoms with Crippen LogP contribution in [0.4, 0.5) is 0 Å². The van der Waals surface area contributed by atoms with E-state index >= 15 is 0 Å². The van der Waals surface area contributed by atoms with Crippen LogP contribution in [0.15, 0.2) is 11.6 Å². The van der Waals surface area contributed by atoms with Crippen LogP contribution >= 0.6 is 0 Å². The maximum absolute atomic E-state index is 10.6. The first-order valence-electron chi connectivity index (χ1n) is 6.96. The van der Waals surface area contributed by atoms with Crippen molar-refractivity contribution in [3.63, 3.8) is 0 Å². The third kappa shape index (κ3) is 1.84. The van der Waals surface area contributed by atoms with Crippen molar-refractivity contribution in [3.8, 4) is 0 Å². The molecule has 3 rings (SSSR count). The molecule has 0 saturated heterocycles. The zero-order chi connectivity index (χ0) is 13.6. The Balaban J connectivity index is 2.13. The second kappa shape index (κ2) is 4.32. The van der Waals surface area contributed by atoms with Crippen molar-refractivity contribution in [1.29, 1.82) is 0 Å². The Morgan fingerprint density at radius 3 is 2.44 bits per heavy atom. The van der Waals surface area contributed by atoms with Crippen LogP contribution in [0.1, 0.15) is 52.9 Å². The van der Waals surface area contributed by atoms with Crippen molar-refractivity contribution in [2.24, 2.45) is 11.3 Å². The van der Waals surface area contributed by atoms with Gasteiger partial charge in [-0.1, -0.05) is 18.6 Å². The Morgan fingerprint density at radius 2 is 1.94 bits per heavy atom. The summed E-state index contributed by atoms with van der Waals surface area (Å²) in [6, 6.07) is 0. The molecule has 3 aliphatic carbocycles. The monoisotopic (exact) mass is 254 g/mol. The highest BCUT2D eigenvalue weighted by Gasteiger charge is 2.70. The molecule has 2 bridgehead atoms. The number of hydrogen-bond donors (Lipinski definition) is 3. The summed E-state index contributed by atoms with van der Waals surface area (Å²) in [5.74, 6) is 0.0271. The fourth-order valence-electron chi connectivity index (χ4n) is 4.01. The van der Waals surface area contributed by atoms with Crippen molar-refractivity contribution in [3.05, 3.63) is 11.6 Å². The minimum atomic E-state index is -0.982. The van der Waals surface area contributed by atoms with E-state index in [1.54, 1.807) is 0 Å². The standard InChI is InChI=1S/C15H26O3/c1-11(2)5-4-6-13(3)12-9-15(13,18)8-7-14(12,17)10-16/h5,12,16-18H,4,6-10H2,1-3H3/t12-,13+,14+,15-/m1/s1. The lowest BCUT2D eigenvalue weighted by Gasteiger charge is -2.69. The molecule has 104 valence electrons. The van der Waals surface area contributed by atoms with Crippen molar-refractivity contribution in [2.75, 3.05) is 6.61 Å². The summed E-state index contributed by atoms with van der Waals surface area (Å²) in [6.45, 7) is 6.02. The lowest BCUT2D eigenvalue weighted by molar-refractivity contribution is -0.306. The summed E-state index contributed by atoms with van der Waals surface area (Å²) in [5.41, 5.74) is -0.583. The van der Waals surface area contributed by atoms with E-state index in [0.29, 0.717) is 19.3 Å². The molecule has 3 fully saturated rings. The third-order valence-electron chi connectivity index (χ3n) is 5.48. The van der Waals surface area contributed by atoms with Gasteiger partial charge in [-0.3, -0.25) is 0 Å². The maximum atomic E-state index is 10.6. The fraction of sp³-hybridized carbons (Fsp3) is 0.867. The zero-order valence-electron chi connectivity index (χ0n) is 11.7. The normalized spacial score (nSPS) is 46.4. The highest BCUT2D eigenvalue weighted by atomic mass is 16.3. The Kier molecular flexibility index (Phi) is 3.37. The van der Waals surface area contributed by atoms with Crippen LogP contribution in [-0.2, 0) is 0 Å². The molecule has 0 amide bonds. The molecule has 18 heavy (non-hydrogen) atoms. The minimum absolute atomic E-state index is 0.0271. The Labute approximate surface area is 110 Å². The summed E-state index contributed by atoms with van der Waals surface area (Å²) in [5, 5.41) is 30.5. The first-order valence-corrected chi connectivity index (χ1v) is 6.96. The van der Waals surface area contributed by atoms with Gasteiger partial charge in [0.25, 0.3) is 0 Å². The molecular formula is C15H26O3. The lowest BCUT2D eigenvalue weighted by Crippen LogP contribution is -2.73. The second-order valence-corrected chi connectivity index (χ2v) is 6.79. The van der Waals surface area contributed by atoms with E-state index in [4.69, 9.17) is 0 Å². The lowest BCUT2D eigenvalue weighted by atomic mass is 9.40. The molecule has 0 aromatic carbocycles. The molecule has 3 saturated carbocycles. The molecule has 0 aromatic rings. The first-order chi connectivity index (χ1) is 8.27. The summed E-state index contributed by atoms with van der Waals surface area (Å²) < 4.78 is 0. The van der Waals surface area contributed by atoms with Gasteiger partial charge in [0.15, 0.2) is 0 Å².